The lowest BCUT2D eigenvalue weighted by Gasteiger charge is -2.49. The van der Waals surface area contributed by atoms with Crippen LogP contribution in [0.1, 0.15) is 100 Å². The molecule has 0 aromatic rings. The predicted molar refractivity (Wildman–Crippen MR) is 119 cm³/mol. The Bertz CT molecular complexity index is 439. The normalized spacial score (nSPS) is 30.6. The summed E-state index contributed by atoms with van der Waals surface area (Å²) in [6, 6.07) is 0. The van der Waals surface area contributed by atoms with Crippen molar-refractivity contribution in [3.63, 3.8) is 0 Å². The second-order valence-electron chi connectivity index (χ2n) is 9.47. The number of rotatable bonds is 10. The molecule has 0 aromatic carbocycles. The van der Waals surface area contributed by atoms with E-state index in [-0.39, 0.29) is 0 Å². The molecule has 26 heavy (non-hydrogen) atoms. The first-order chi connectivity index (χ1) is 12.3. The van der Waals surface area contributed by atoms with Crippen molar-refractivity contribution in [2.24, 2.45) is 41.4 Å². The van der Waals surface area contributed by atoms with Gasteiger partial charge in [-0.25, -0.2) is 0 Å². The molecule has 1 saturated carbocycles. The Labute approximate surface area is 165 Å². The zero-order valence-corrected chi connectivity index (χ0v) is 19.3. The summed E-state index contributed by atoms with van der Waals surface area (Å²) < 4.78 is 0. The monoisotopic (exact) mass is 360 g/mol. The fourth-order valence-electron chi connectivity index (χ4n) is 5.94. The van der Waals surface area contributed by atoms with E-state index < -0.39 is 0 Å². The van der Waals surface area contributed by atoms with Crippen molar-refractivity contribution in [1.29, 1.82) is 0 Å². The minimum absolute atomic E-state index is 0.794. The summed E-state index contributed by atoms with van der Waals surface area (Å²) in [6.45, 7) is 23.4. The molecule has 1 fully saturated rings. The van der Waals surface area contributed by atoms with Crippen LogP contribution >= 0.6 is 0 Å². The van der Waals surface area contributed by atoms with E-state index in [0.29, 0.717) is 0 Å². The van der Waals surface area contributed by atoms with Crippen LogP contribution in [-0.4, -0.2) is 0 Å². The Morgan fingerprint density at radius 2 is 1.81 bits per heavy atom. The van der Waals surface area contributed by atoms with Gasteiger partial charge in [-0.15, -0.1) is 6.58 Å². The SMILES string of the molecule is C=C(C)CCC(C)C(C)C1CC(=CC)C(CCC)C(C(CC)CC)C1C. The van der Waals surface area contributed by atoms with E-state index in [4.69, 9.17) is 0 Å². The zero-order valence-electron chi connectivity index (χ0n) is 19.3. The number of hydrogen-bond donors (Lipinski definition) is 0. The van der Waals surface area contributed by atoms with E-state index >= 15 is 0 Å². The molecule has 152 valence electrons. The second kappa shape index (κ2) is 11.4. The molecular weight excluding hydrogens is 312 g/mol. The van der Waals surface area contributed by atoms with Crippen LogP contribution in [0.5, 0.6) is 0 Å². The van der Waals surface area contributed by atoms with Gasteiger partial charge in [-0.3, -0.25) is 0 Å². The van der Waals surface area contributed by atoms with Crippen molar-refractivity contribution in [1.82, 2.24) is 0 Å². The van der Waals surface area contributed by atoms with E-state index in [1.165, 1.54) is 50.5 Å². The third kappa shape index (κ3) is 5.74. The molecule has 1 aliphatic rings. The van der Waals surface area contributed by atoms with Crippen molar-refractivity contribution >= 4 is 0 Å². The molecule has 0 N–H and O–H groups in total. The fourth-order valence-corrected chi connectivity index (χ4v) is 5.94. The fraction of sp³-hybridized carbons (Fsp3) is 0.846. The highest BCUT2D eigenvalue weighted by atomic mass is 14.5. The van der Waals surface area contributed by atoms with E-state index in [2.05, 4.69) is 68.0 Å². The molecule has 1 aliphatic carbocycles. The summed E-state index contributed by atoms with van der Waals surface area (Å²) in [6.07, 6.45) is 11.7. The maximum absolute atomic E-state index is 4.12. The Hall–Kier alpha value is -0.520. The Morgan fingerprint density at radius 3 is 2.27 bits per heavy atom. The highest BCUT2D eigenvalue weighted by Crippen LogP contribution is 2.52. The molecule has 6 atom stereocenters. The lowest BCUT2D eigenvalue weighted by Crippen LogP contribution is -2.42. The molecule has 0 saturated heterocycles. The van der Waals surface area contributed by atoms with Crippen LogP contribution in [0.25, 0.3) is 0 Å². The zero-order chi connectivity index (χ0) is 19.9. The highest BCUT2D eigenvalue weighted by Gasteiger charge is 2.43. The van der Waals surface area contributed by atoms with Crippen molar-refractivity contribution < 1.29 is 0 Å². The first-order valence-corrected chi connectivity index (χ1v) is 11.6. The molecule has 0 heterocycles. The highest BCUT2D eigenvalue weighted by molar-refractivity contribution is 5.15. The molecular formula is C26H48. The van der Waals surface area contributed by atoms with Crippen LogP contribution in [0.15, 0.2) is 23.8 Å². The van der Waals surface area contributed by atoms with Gasteiger partial charge in [-0.1, -0.05) is 78.0 Å². The number of hydrogen-bond acceptors (Lipinski definition) is 0. The van der Waals surface area contributed by atoms with Crippen LogP contribution in [0.4, 0.5) is 0 Å². The van der Waals surface area contributed by atoms with Gasteiger partial charge in [-0.2, -0.15) is 0 Å². The van der Waals surface area contributed by atoms with Gasteiger partial charge in [0.05, 0.1) is 0 Å². The van der Waals surface area contributed by atoms with Crippen molar-refractivity contribution in [2.75, 3.05) is 0 Å². The van der Waals surface area contributed by atoms with Gasteiger partial charge in [0.25, 0.3) is 0 Å². The van der Waals surface area contributed by atoms with Gasteiger partial charge in [-0.05, 0) is 81.0 Å². The summed E-state index contributed by atoms with van der Waals surface area (Å²) >= 11 is 0. The molecule has 0 aromatic heterocycles. The maximum Gasteiger partial charge on any atom is -0.0170 e. The first kappa shape index (κ1) is 23.5. The second-order valence-corrected chi connectivity index (χ2v) is 9.47. The lowest BCUT2D eigenvalue weighted by atomic mass is 9.55. The summed E-state index contributed by atoms with van der Waals surface area (Å²) in [5.74, 6) is 5.89. The van der Waals surface area contributed by atoms with Gasteiger partial charge < -0.3 is 0 Å². The Morgan fingerprint density at radius 1 is 1.19 bits per heavy atom. The molecule has 0 spiro atoms. The Balaban J connectivity index is 3.09. The lowest BCUT2D eigenvalue weighted by molar-refractivity contribution is 0.0410. The topological polar surface area (TPSA) is 0 Å². The van der Waals surface area contributed by atoms with Crippen LogP contribution in [0.2, 0.25) is 0 Å². The van der Waals surface area contributed by atoms with Crippen LogP contribution in [0, 0.1) is 41.4 Å². The largest absolute Gasteiger partial charge is 0.100 e. The molecule has 0 amide bonds. The average molecular weight is 361 g/mol. The van der Waals surface area contributed by atoms with E-state index in [1.54, 1.807) is 5.57 Å². The first-order valence-electron chi connectivity index (χ1n) is 11.6. The molecule has 0 aliphatic heterocycles. The van der Waals surface area contributed by atoms with Crippen molar-refractivity contribution in [3.8, 4) is 0 Å². The molecule has 0 radical (unpaired) electrons. The molecule has 0 bridgehead atoms. The minimum atomic E-state index is 0.794. The van der Waals surface area contributed by atoms with Crippen molar-refractivity contribution in [3.05, 3.63) is 23.8 Å². The quantitative estimate of drug-likeness (QED) is 0.342. The molecule has 1 rings (SSSR count). The van der Waals surface area contributed by atoms with E-state index in [0.717, 1.165) is 41.4 Å². The minimum Gasteiger partial charge on any atom is -0.100 e. The third-order valence-electron chi connectivity index (χ3n) is 7.86. The summed E-state index contributed by atoms with van der Waals surface area (Å²) in [7, 11) is 0. The smallest absolute Gasteiger partial charge is 0.0170 e. The van der Waals surface area contributed by atoms with E-state index in [9.17, 15) is 0 Å². The molecule has 6 unspecified atom stereocenters. The van der Waals surface area contributed by atoms with Crippen LogP contribution in [0.3, 0.4) is 0 Å². The van der Waals surface area contributed by atoms with Crippen molar-refractivity contribution in [2.45, 2.75) is 100 Å². The summed E-state index contributed by atoms with van der Waals surface area (Å²) in [5, 5.41) is 0. The van der Waals surface area contributed by atoms with Crippen LogP contribution in [-0.2, 0) is 0 Å². The molecule has 0 heteroatoms. The summed E-state index contributed by atoms with van der Waals surface area (Å²) in [4.78, 5) is 0. The van der Waals surface area contributed by atoms with Gasteiger partial charge >= 0.3 is 0 Å². The van der Waals surface area contributed by atoms with Gasteiger partial charge in [0.1, 0.15) is 0 Å². The number of allylic oxidation sites excluding steroid dienone is 3. The van der Waals surface area contributed by atoms with Crippen LogP contribution < -0.4 is 0 Å². The van der Waals surface area contributed by atoms with Gasteiger partial charge in [0, 0.05) is 0 Å². The van der Waals surface area contributed by atoms with Gasteiger partial charge in [0.15, 0.2) is 0 Å². The predicted octanol–water partition coefficient (Wildman–Crippen LogP) is 8.69. The summed E-state index contributed by atoms with van der Waals surface area (Å²) in [5.41, 5.74) is 3.12. The standard InChI is InChI=1S/C26H48/c1-10-14-24-23(13-4)17-25(20(8)19(7)16-15-18(5)6)21(9)26(24)22(11-2)12-3/h13,19-22,24-26H,5,10-12,14-17H2,1-4,6-9H3. The third-order valence-corrected chi connectivity index (χ3v) is 7.86. The molecule has 0 nitrogen and oxygen atoms in total. The maximum atomic E-state index is 4.12. The average Bonchev–Trinajstić information content (AvgIpc) is 2.62. The van der Waals surface area contributed by atoms with Gasteiger partial charge in [0.2, 0.25) is 0 Å². The Kier molecular flexibility index (Phi) is 10.3. The van der Waals surface area contributed by atoms with E-state index in [1.807, 2.05) is 0 Å².